The van der Waals surface area contributed by atoms with Gasteiger partial charge in [-0.25, -0.2) is 34.9 Å². The van der Waals surface area contributed by atoms with Crippen molar-refractivity contribution in [2.45, 2.75) is 63.1 Å². The summed E-state index contributed by atoms with van der Waals surface area (Å²) in [7, 11) is 0. The molecule has 10 bridgehead atoms. The predicted molar refractivity (Wildman–Crippen MR) is 304 cm³/mol. The highest BCUT2D eigenvalue weighted by molar-refractivity contribution is 7.15. The van der Waals surface area contributed by atoms with E-state index in [0.717, 1.165) is 34.0 Å². The number of carbonyl (C=O) groups is 6. The van der Waals surface area contributed by atoms with Crippen LogP contribution in [0.3, 0.4) is 0 Å². The number of aliphatic hydroxyl groups excluding tert-OH is 2. The highest BCUT2D eigenvalue weighted by Gasteiger charge is 2.45. The third-order valence-corrected chi connectivity index (χ3v) is 19.0. The van der Waals surface area contributed by atoms with E-state index in [9.17, 15) is 39.3 Å². The number of phenolic OH excluding ortho intramolecular Hbond substituents is 1. The van der Waals surface area contributed by atoms with Gasteiger partial charge in [-0.2, -0.15) is 0 Å². The summed E-state index contributed by atoms with van der Waals surface area (Å²) in [4.78, 5) is 118. The zero-order valence-corrected chi connectivity index (χ0v) is 47.3. The van der Waals surface area contributed by atoms with Crippen LogP contribution in [0.4, 0.5) is 0 Å². The van der Waals surface area contributed by atoms with E-state index >= 15 is 4.79 Å². The van der Waals surface area contributed by atoms with Crippen LogP contribution in [-0.2, 0) is 16.0 Å². The maximum atomic E-state index is 15.1. The molecule has 1 saturated heterocycles. The molecule has 2 aliphatic heterocycles. The SMILES string of the molecule is Cc1sc2nc1C(=O)N[C@@H]([C@H](O)c1ccccc1)c1nc(cs1)C(=O)N[C@@H](Cc1ccc(O)cc1)C(=O)N1C[C@@H](O)[C@H](C)[C@H]1c1nc(cs1)-c1nc(cs1)-c1nc(-c3nc(C(N)=O)cs3)ccc1-c1nc(cs1)C(=O)N[C@H]2CC(N)=O. The maximum absolute atomic E-state index is 15.1. The number of hydrogen-bond acceptors (Lipinski definition) is 22. The van der Waals surface area contributed by atoms with Crippen LogP contribution in [0, 0.1) is 12.8 Å². The molecule has 0 saturated carbocycles. The second kappa shape index (κ2) is 22.8. The summed E-state index contributed by atoms with van der Waals surface area (Å²) < 4.78 is 0. The molecule has 2 aromatic carbocycles. The Morgan fingerprint density at radius 2 is 1.31 bits per heavy atom. The van der Waals surface area contributed by atoms with Gasteiger partial charge in [0.25, 0.3) is 23.6 Å². The topological polar surface area (TPSA) is 345 Å². The second-order valence-corrected chi connectivity index (χ2v) is 24.5. The molecule has 0 unspecified atom stereocenters. The van der Waals surface area contributed by atoms with E-state index in [1.165, 1.54) is 67.2 Å². The first-order valence-corrected chi connectivity index (χ1v) is 29.9. The van der Waals surface area contributed by atoms with E-state index in [4.69, 9.17) is 31.4 Å². The van der Waals surface area contributed by atoms with Crippen molar-refractivity contribution < 1.29 is 44.1 Å². The van der Waals surface area contributed by atoms with Crippen molar-refractivity contribution in [3.8, 4) is 49.1 Å². The largest absolute Gasteiger partial charge is 0.508 e. The first-order chi connectivity index (χ1) is 39.0. The molecule has 1 fully saturated rings. The first-order valence-electron chi connectivity index (χ1n) is 24.7. The van der Waals surface area contributed by atoms with Crippen molar-refractivity contribution in [2.24, 2.45) is 17.4 Å². The van der Waals surface area contributed by atoms with Crippen LogP contribution in [0.15, 0.2) is 93.6 Å². The molecule has 22 nitrogen and oxygen atoms in total. The van der Waals surface area contributed by atoms with Gasteiger partial charge in [0, 0.05) is 56.2 Å². The molecule has 10 N–H and O–H groups in total. The Morgan fingerprint density at radius 3 is 2.05 bits per heavy atom. The lowest BCUT2D eigenvalue weighted by Gasteiger charge is -2.29. The molecule has 0 radical (unpaired) electrons. The summed E-state index contributed by atoms with van der Waals surface area (Å²) in [6, 6.07) is 13.8. The molecule has 81 heavy (non-hydrogen) atoms. The van der Waals surface area contributed by atoms with Crippen molar-refractivity contribution in [1.82, 2.24) is 55.7 Å². The number of amides is 6. The lowest BCUT2D eigenvalue weighted by Crippen LogP contribution is -2.50. The molecule has 9 heterocycles. The number of nitrogens with one attached hydrogen (secondary N) is 3. The molecular weight excluding hydrogens is 1160 g/mol. The number of carbonyl (C=O) groups excluding carboxylic acids is 6. The fourth-order valence-corrected chi connectivity index (χ4v) is 14.6. The van der Waals surface area contributed by atoms with E-state index in [1.807, 2.05) is 6.92 Å². The summed E-state index contributed by atoms with van der Waals surface area (Å²) >= 11 is 6.89. The molecular formula is C53H45N13O9S6. The van der Waals surface area contributed by atoms with Crippen LogP contribution in [0.1, 0.15) is 111 Å². The van der Waals surface area contributed by atoms with Crippen molar-refractivity contribution in [3.63, 3.8) is 0 Å². The van der Waals surface area contributed by atoms with E-state index in [2.05, 4.69) is 30.9 Å². The summed E-state index contributed by atoms with van der Waals surface area (Å²) in [5.41, 5.74) is 14.2. The summed E-state index contributed by atoms with van der Waals surface area (Å²) in [6.07, 6.45) is -2.80. The van der Waals surface area contributed by atoms with E-state index in [-0.39, 0.29) is 51.5 Å². The molecule has 28 heteroatoms. The number of rotatable bonds is 8. The number of aromatic hydroxyl groups is 1. The number of phenols is 1. The number of thiazole rings is 6. The minimum Gasteiger partial charge on any atom is -0.508 e. The number of nitrogens with zero attached hydrogens (tertiary/aromatic N) is 8. The Bertz CT molecular complexity index is 3890. The standard InChI is InChI=1S/C53H45N13O9S6/c1-22-36(68)16-66-41(22)52-63-35(21-80-52)49-59-31(17-77-49)39-27(12-13-28(56-39)48-60-32(18-78-48)43(55)71)47-61-33(19-76-47)44(72)57-29(15-37(54)69)50-65-38(23(2)81-50)46(74)64-40(42(70)25-6-4-3-5-7-25)51-62-34(20-79-51)45(73)58-30(53(66)75)14-24-8-10-26(67)11-9-24/h3-13,17-22,29-30,36,40-42,67-68,70H,14-16H2,1-2H3,(H2,54,69)(H2,55,71)(H,57,72)(H,58,73)(H,64,74)/t22-,29-,30-,36+,40-,41-,42+/m0/s1. The van der Waals surface area contributed by atoms with Gasteiger partial charge in [0.1, 0.15) is 93.8 Å². The molecule has 412 valence electrons. The predicted octanol–water partition coefficient (Wildman–Crippen LogP) is 6.39. The Balaban J connectivity index is 1.02. The Kier molecular flexibility index (Phi) is 15.4. The second-order valence-electron chi connectivity index (χ2n) is 18.9. The summed E-state index contributed by atoms with van der Waals surface area (Å²) in [5.74, 6) is -4.69. The minimum atomic E-state index is -1.40. The Hall–Kier alpha value is -8.09. The zero-order valence-electron chi connectivity index (χ0n) is 42.4. The number of aromatic nitrogens is 7. The highest BCUT2D eigenvalue weighted by atomic mass is 32.1. The van der Waals surface area contributed by atoms with Crippen LogP contribution >= 0.6 is 68.0 Å². The lowest BCUT2D eigenvalue weighted by molar-refractivity contribution is -0.134. The van der Waals surface area contributed by atoms with Crippen molar-refractivity contribution >= 4 is 103 Å². The zero-order chi connectivity index (χ0) is 56.8. The highest BCUT2D eigenvalue weighted by Crippen LogP contribution is 2.43. The molecule has 9 aromatic rings. The molecule has 2 aliphatic rings. The number of aryl methyl sites for hydroxylation is 1. The quantitative estimate of drug-likeness (QED) is 0.0817. The van der Waals surface area contributed by atoms with Crippen molar-refractivity contribution in [2.75, 3.05) is 6.54 Å². The van der Waals surface area contributed by atoms with Crippen LogP contribution in [0.25, 0.3) is 43.4 Å². The minimum absolute atomic E-state index is 0.00146. The molecule has 7 aromatic heterocycles. The molecule has 7 atom stereocenters. The van der Waals surface area contributed by atoms with Gasteiger partial charge in [0.2, 0.25) is 11.8 Å². The van der Waals surface area contributed by atoms with Gasteiger partial charge in [-0.3, -0.25) is 28.8 Å². The normalized spacial score (nSPS) is 20.0. The van der Waals surface area contributed by atoms with Crippen LogP contribution in [0.5, 0.6) is 5.75 Å². The van der Waals surface area contributed by atoms with Crippen molar-refractivity contribution in [3.05, 3.63) is 147 Å². The molecule has 0 aliphatic carbocycles. The Labute approximate surface area is 483 Å². The fraction of sp³-hybridized carbons (Fsp3) is 0.226. The van der Waals surface area contributed by atoms with Gasteiger partial charge in [-0.1, -0.05) is 49.4 Å². The van der Waals surface area contributed by atoms with Gasteiger partial charge >= 0.3 is 0 Å². The van der Waals surface area contributed by atoms with Crippen LogP contribution in [-0.4, -0.2) is 109 Å². The third kappa shape index (κ3) is 11.4. The average Bonchev–Trinajstić information content (AvgIpc) is 4.47. The van der Waals surface area contributed by atoms with Gasteiger partial charge in [0.15, 0.2) is 0 Å². The number of nitrogens with two attached hydrogens (primary N) is 2. The number of benzene rings is 2. The van der Waals surface area contributed by atoms with E-state index in [0.29, 0.717) is 64.4 Å². The van der Waals surface area contributed by atoms with Gasteiger partial charge in [-0.05, 0) is 42.3 Å². The molecule has 6 amide bonds. The van der Waals surface area contributed by atoms with Gasteiger partial charge in [-0.15, -0.1) is 68.0 Å². The molecule has 11 rings (SSSR count). The monoisotopic (exact) mass is 1200 g/mol. The number of pyridine rings is 1. The van der Waals surface area contributed by atoms with Gasteiger partial charge in [0.05, 0.1) is 30.3 Å². The average molecular weight is 1200 g/mol. The van der Waals surface area contributed by atoms with E-state index < -0.39 is 84.2 Å². The van der Waals surface area contributed by atoms with Crippen molar-refractivity contribution in [1.29, 1.82) is 0 Å². The third-order valence-electron chi connectivity index (χ3n) is 13.5. The first kappa shape index (κ1) is 54.8. The number of hydrogen-bond donors (Lipinski definition) is 8. The summed E-state index contributed by atoms with van der Waals surface area (Å²) in [5, 5.41) is 52.2. The Morgan fingerprint density at radius 1 is 0.667 bits per heavy atom. The lowest BCUT2D eigenvalue weighted by atomic mass is 10.00. The molecule has 0 spiro atoms. The van der Waals surface area contributed by atoms with Crippen LogP contribution < -0.4 is 27.4 Å². The number of primary amides is 2. The van der Waals surface area contributed by atoms with E-state index in [1.54, 1.807) is 72.3 Å². The van der Waals surface area contributed by atoms with Crippen LogP contribution in [0.2, 0.25) is 0 Å². The number of aliphatic hydroxyl groups is 2. The maximum Gasteiger partial charge on any atom is 0.271 e. The smallest absolute Gasteiger partial charge is 0.271 e. The fourth-order valence-electron chi connectivity index (χ4n) is 9.31. The summed E-state index contributed by atoms with van der Waals surface area (Å²) in [6.45, 7) is 3.36. The van der Waals surface area contributed by atoms with Gasteiger partial charge < -0.3 is 47.6 Å². The number of fused-ring (bicyclic) bond motifs is 16.